The maximum Gasteiger partial charge on any atom is 0.255 e. The number of carbonyl (C=O) groups is 1. The van der Waals surface area contributed by atoms with Gasteiger partial charge in [0, 0.05) is 11.3 Å². The van der Waals surface area contributed by atoms with Gasteiger partial charge in [0.2, 0.25) is 0 Å². The van der Waals surface area contributed by atoms with Gasteiger partial charge in [-0.25, -0.2) is 0 Å². The molecule has 2 unspecified atom stereocenters. The Labute approximate surface area is 210 Å². The zero-order chi connectivity index (χ0) is 25.8. The molecule has 0 aliphatic rings. The predicted octanol–water partition coefficient (Wildman–Crippen LogP) is 7.42. The van der Waals surface area contributed by atoms with Crippen LogP contribution >= 0.6 is 0 Å². The second kappa shape index (κ2) is 11.3. The van der Waals surface area contributed by atoms with E-state index in [1.54, 1.807) is 0 Å². The Morgan fingerprint density at radius 1 is 0.765 bits per heavy atom. The van der Waals surface area contributed by atoms with E-state index >= 15 is 0 Å². The number of amides is 1. The third kappa shape index (κ3) is 8.19. The van der Waals surface area contributed by atoms with E-state index in [-0.39, 0.29) is 28.9 Å². The minimum Gasteiger partial charge on any atom is -0.413 e. The second-order valence-electron chi connectivity index (χ2n) is 12.1. The number of hydrogen-bond acceptors (Lipinski definition) is 3. The number of hydrogen-bond donors (Lipinski definition) is 1. The minimum atomic E-state index is -1.31. The molecule has 0 aliphatic heterocycles. The second-order valence-corrected chi connectivity index (χ2v) is 16.8. The van der Waals surface area contributed by atoms with Gasteiger partial charge in [-0.1, -0.05) is 65.3 Å². The van der Waals surface area contributed by atoms with Gasteiger partial charge in [-0.2, -0.15) is 0 Å². The Bertz CT molecular complexity index is 911. The first-order chi connectivity index (χ1) is 15.6. The first-order valence-corrected chi connectivity index (χ1v) is 18.0. The van der Waals surface area contributed by atoms with Gasteiger partial charge in [0.15, 0.2) is 18.1 Å². The maximum atomic E-state index is 13.1. The van der Waals surface area contributed by atoms with Crippen molar-refractivity contribution in [1.82, 2.24) is 0 Å². The first-order valence-electron chi connectivity index (χ1n) is 12.4. The Morgan fingerprint density at radius 3 is 1.53 bits per heavy atom. The van der Waals surface area contributed by atoms with Gasteiger partial charge in [-0.15, -0.1) is 0 Å². The molecule has 0 fully saturated rings. The molecule has 4 nitrogen and oxygen atoms in total. The van der Waals surface area contributed by atoms with Crippen LogP contribution in [-0.4, -0.2) is 24.0 Å². The number of anilines is 1. The molecule has 0 heterocycles. The number of rotatable bonds is 8. The number of carbonyl (C=O) groups excluding carboxylic acids is 1. The van der Waals surface area contributed by atoms with Crippen LogP contribution in [0.4, 0.5) is 5.69 Å². The fourth-order valence-corrected chi connectivity index (χ4v) is 6.29. The molecular formula is C28H45NO3Si2. The third-order valence-corrected chi connectivity index (χ3v) is 7.18. The SMILES string of the molecule is Cc1ccc(C(=O)Nc2cc(C(O[SiH](C)C)C(C)(C)C)cc(C(O[SiH](C)C)C(C)(C)C)c2)cc1. The summed E-state index contributed by atoms with van der Waals surface area (Å²) in [6.45, 7) is 24.1. The first kappa shape index (κ1) is 28.5. The maximum absolute atomic E-state index is 13.1. The predicted molar refractivity (Wildman–Crippen MR) is 150 cm³/mol. The van der Waals surface area contributed by atoms with E-state index in [0.717, 1.165) is 22.4 Å². The van der Waals surface area contributed by atoms with Gasteiger partial charge in [-0.3, -0.25) is 4.79 Å². The highest BCUT2D eigenvalue weighted by molar-refractivity contribution is 6.48. The van der Waals surface area contributed by atoms with E-state index < -0.39 is 18.1 Å². The summed E-state index contributed by atoms with van der Waals surface area (Å²) in [5.74, 6) is -0.110. The normalized spacial score (nSPS) is 14.4. The molecule has 2 aromatic rings. The largest absolute Gasteiger partial charge is 0.413 e. The lowest BCUT2D eigenvalue weighted by molar-refractivity contribution is 0.0806. The highest BCUT2D eigenvalue weighted by atomic mass is 28.3. The fraction of sp³-hybridized carbons (Fsp3) is 0.536. The monoisotopic (exact) mass is 499 g/mol. The van der Waals surface area contributed by atoms with Crippen LogP contribution in [0, 0.1) is 17.8 Å². The topological polar surface area (TPSA) is 47.6 Å². The van der Waals surface area contributed by atoms with Crippen molar-refractivity contribution in [1.29, 1.82) is 0 Å². The third-order valence-electron chi connectivity index (χ3n) is 5.54. The van der Waals surface area contributed by atoms with Crippen LogP contribution in [0.15, 0.2) is 42.5 Å². The van der Waals surface area contributed by atoms with E-state index in [1.165, 1.54) is 0 Å². The van der Waals surface area contributed by atoms with Gasteiger partial charge in [0.05, 0.1) is 12.2 Å². The highest BCUT2D eigenvalue weighted by Crippen LogP contribution is 2.42. The summed E-state index contributed by atoms with van der Waals surface area (Å²) in [5, 5.41) is 3.15. The molecule has 0 saturated carbocycles. The molecule has 1 N–H and O–H groups in total. The Morgan fingerprint density at radius 2 is 1.18 bits per heavy atom. The number of benzene rings is 2. The average molecular weight is 500 g/mol. The summed E-state index contributed by atoms with van der Waals surface area (Å²) in [5.41, 5.74) is 4.57. The van der Waals surface area contributed by atoms with Crippen molar-refractivity contribution in [2.45, 2.75) is 86.9 Å². The van der Waals surface area contributed by atoms with Crippen LogP contribution in [-0.2, 0) is 8.85 Å². The van der Waals surface area contributed by atoms with Gasteiger partial charge in [-0.05, 0) is 79.3 Å². The summed E-state index contributed by atoms with van der Waals surface area (Å²) >= 11 is 0. The molecule has 0 aromatic heterocycles. The lowest BCUT2D eigenvalue weighted by atomic mass is 9.81. The summed E-state index contributed by atoms with van der Waals surface area (Å²) < 4.78 is 13.1. The van der Waals surface area contributed by atoms with E-state index in [9.17, 15) is 4.79 Å². The summed E-state index contributed by atoms with van der Waals surface area (Å²) in [7, 11) is -2.61. The van der Waals surface area contributed by atoms with Gasteiger partial charge < -0.3 is 14.2 Å². The van der Waals surface area contributed by atoms with E-state index in [4.69, 9.17) is 8.85 Å². The van der Waals surface area contributed by atoms with Gasteiger partial charge in [0.25, 0.3) is 5.91 Å². The van der Waals surface area contributed by atoms with Crippen LogP contribution < -0.4 is 5.32 Å². The Kier molecular flexibility index (Phi) is 9.50. The molecule has 2 aromatic carbocycles. The fourth-order valence-electron chi connectivity index (χ4n) is 4.07. The zero-order valence-electron chi connectivity index (χ0n) is 23.1. The molecule has 34 heavy (non-hydrogen) atoms. The van der Waals surface area contributed by atoms with E-state index in [1.807, 2.05) is 31.2 Å². The minimum absolute atomic E-state index is 0.0638. The van der Waals surface area contributed by atoms with Crippen molar-refractivity contribution in [2.75, 3.05) is 5.32 Å². The van der Waals surface area contributed by atoms with Crippen LogP contribution in [0.2, 0.25) is 26.2 Å². The van der Waals surface area contributed by atoms with Crippen molar-refractivity contribution in [3.05, 3.63) is 64.7 Å². The standard InChI is InChI=1S/C28H45NO3Si2/c1-19-12-14-20(15-13-19)26(30)29-23-17-21(24(27(2,3)4)31-33(8)9)16-22(18-23)25(28(5,6)7)32-34(10)11/h12-18,24-25,33-34H,1-11H3,(H,29,30). The van der Waals surface area contributed by atoms with Crippen LogP contribution in [0.5, 0.6) is 0 Å². The molecule has 0 saturated heterocycles. The van der Waals surface area contributed by atoms with Crippen LogP contribution in [0.3, 0.4) is 0 Å². The van der Waals surface area contributed by atoms with E-state index in [0.29, 0.717) is 5.56 Å². The molecule has 2 atom stereocenters. The molecule has 0 radical (unpaired) electrons. The molecule has 0 aliphatic carbocycles. The van der Waals surface area contributed by atoms with Crippen molar-refractivity contribution in [3.8, 4) is 0 Å². The molecule has 188 valence electrons. The summed E-state index contributed by atoms with van der Waals surface area (Å²) in [4.78, 5) is 13.1. The van der Waals surface area contributed by atoms with Crippen molar-refractivity contribution in [3.63, 3.8) is 0 Å². The smallest absolute Gasteiger partial charge is 0.255 e. The summed E-state index contributed by atoms with van der Waals surface area (Å²) in [6.07, 6.45) is -0.128. The Balaban J connectivity index is 2.61. The molecule has 2 rings (SSSR count). The molecule has 0 spiro atoms. The zero-order valence-corrected chi connectivity index (χ0v) is 25.4. The lowest BCUT2D eigenvalue weighted by Crippen LogP contribution is -2.28. The number of aryl methyl sites for hydroxylation is 1. The van der Waals surface area contributed by atoms with Crippen molar-refractivity contribution < 1.29 is 13.6 Å². The summed E-state index contributed by atoms with van der Waals surface area (Å²) in [6, 6.07) is 14.1. The van der Waals surface area contributed by atoms with Gasteiger partial charge in [0.1, 0.15) is 0 Å². The van der Waals surface area contributed by atoms with E-state index in [2.05, 4.69) is 91.2 Å². The Hall–Kier alpha value is -1.74. The lowest BCUT2D eigenvalue weighted by Gasteiger charge is -2.36. The van der Waals surface area contributed by atoms with Crippen molar-refractivity contribution in [2.24, 2.45) is 10.8 Å². The van der Waals surface area contributed by atoms with Crippen LogP contribution in [0.1, 0.15) is 80.8 Å². The van der Waals surface area contributed by atoms with Gasteiger partial charge >= 0.3 is 0 Å². The highest BCUT2D eigenvalue weighted by Gasteiger charge is 2.32. The average Bonchev–Trinajstić information content (AvgIpc) is 2.68. The van der Waals surface area contributed by atoms with Crippen molar-refractivity contribution >= 4 is 29.7 Å². The number of nitrogens with one attached hydrogen (secondary N) is 1. The molecule has 6 heteroatoms. The molecule has 0 bridgehead atoms. The molecular weight excluding hydrogens is 454 g/mol. The van der Waals surface area contributed by atoms with Crippen LogP contribution in [0.25, 0.3) is 0 Å². The molecule has 1 amide bonds. The quantitative estimate of drug-likeness (QED) is 0.384.